The first-order chi connectivity index (χ1) is 7.08. The van der Waals surface area contributed by atoms with Crippen LogP contribution in [0.2, 0.25) is 0 Å². The summed E-state index contributed by atoms with van der Waals surface area (Å²) in [5.41, 5.74) is 0.364. The van der Waals surface area contributed by atoms with Crippen molar-refractivity contribution in [1.82, 2.24) is 4.98 Å². The smallest absolute Gasteiger partial charge is 0.407 e. The fourth-order valence-corrected chi connectivity index (χ4v) is 1.45. The number of nitrogens with zero attached hydrogens (tertiary/aromatic N) is 1. The van der Waals surface area contributed by atoms with Crippen molar-refractivity contribution >= 4 is 12.6 Å². The molecule has 0 aliphatic carbocycles. The van der Waals surface area contributed by atoms with Crippen LogP contribution < -0.4 is 5.46 Å². The minimum Gasteiger partial charge on any atom is -0.407 e. The molecule has 1 saturated heterocycles. The lowest BCUT2D eigenvalue weighted by molar-refractivity contribution is 0.0340. The molecule has 80 valence electrons. The Labute approximate surface area is 88.8 Å². The molecule has 0 radical (unpaired) electrons. The van der Waals surface area contributed by atoms with Gasteiger partial charge in [-0.15, -0.1) is 0 Å². The van der Waals surface area contributed by atoms with Crippen LogP contribution in [0.1, 0.15) is 13.8 Å². The van der Waals surface area contributed by atoms with Crippen molar-refractivity contribution in [2.75, 3.05) is 13.2 Å². The van der Waals surface area contributed by atoms with Gasteiger partial charge in [0.25, 0.3) is 0 Å². The van der Waals surface area contributed by atoms with Gasteiger partial charge in [0.1, 0.15) is 0 Å². The van der Waals surface area contributed by atoms with Crippen molar-refractivity contribution < 1.29 is 13.7 Å². The van der Waals surface area contributed by atoms with Crippen LogP contribution in [-0.4, -0.2) is 25.3 Å². The Bertz CT molecular complexity index is 349. The number of pyridine rings is 1. The molecule has 0 unspecified atom stereocenters. The van der Waals surface area contributed by atoms with Gasteiger partial charge < -0.3 is 9.31 Å². The van der Waals surface area contributed by atoms with E-state index < -0.39 is 13.1 Å². The van der Waals surface area contributed by atoms with Gasteiger partial charge in [-0.3, -0.25) is 0 Å². The van der Waals surface area contributed by atoms with Gasteiger partial charge in [-0.25, -0.2) is 4.98 Å². The fourth-order valence-electron chi connectivity index (χ4n) is 1.45. The predicted octanol–water partition coefficient (Wildman–Crippen LogP) is 0.989. The zero-order valence-corrected chi connectivity index (χ0v) is 8.87. The summed E-state index contributed by atoms with van der Waals surface area (Å²) in [7, 11) is -0.619. The SMILES string of the molecule is CC1(C)COB(c2cccnc2F)OC1. The highest BCUT2D eigenvalue weighted by molar-refractivity contribution is 6.61. The lowest BCUT2D eigenvalue weighted by Gasteiger charge is -2.32. The molecule has 2 heterocycles. The molecule has 0 bridgehead atoms. The van der Waals surface area contributed by atoms with Crippen LogP contribution in [0.4, 0.5) is 4.39 Å². The van der Waals surface area contributed by atoms with Crippen LogP contribution in [0.15, 0.2) is 18.3 Å². The number of aromatic nitrogens is 1. The summed E-state index contributed by atoms with van der Waals surface area (Å²) < 4.78 is 24.2. The van der Waals surface area contributed by atoms with Crippen molar-refractivity contribution in [3.8, 4) is 0 Å². The minimum absolute atomic E-state index is 0.00478. The van der Waals surface area contributed by atoms with Crippen LogP contribution in [0, 0.1) is 11.4 Å². The Balaban J connectivity index is 2.11. The molecule has 5 heteroatoms. The normalized spacial score (nSPS) is 20.3. The first kappa shape index (κ1) is 10.6. The van der Waals surface area contributed by atoms with Gasteiger partial charge >= 0.3 is 7.12 Å². The zero-order chi connectivity index (χ0) is 10.9. The minimum atomic E-state index is -0.619. The van der Waals surface area contributed by atoms with Gasteiger partial charge in [-0.2, -0.15) is 4.39 Å². The monoisotopic (exact) mass is 209 g/mol. The molecule has 3 nitrogen and oxygen atoms in total. The molecule has 1 aromatic heterocycles. The predicted molar refractivity (Wildman–Crippen MR) is 55.3 cm³/mol. The molecule has 0 N–H and O–H groups in total. The largest absolute Gasteiger partial charge is 0.498 e. The van der Waals surface area contributed by atoms with Gasteiger partial charge in [0.2, 0.25) is 5.95 Å². The van der Waals surface area contributed by atoms with E-state index in [0.717, 1.165) is 0 Å². The number of hydrogen-bond donors (Lipinski definition) is 0. The second-order valence-electron chi connectivity index (χ2n) is 4.50. The quantitative estimate of drug-likeness (QED) is 0.510. The molecule has 1 aliphatic heterocycles. The third kappa shape index (κ3) is 2.35. The molecule has 0 amide bonds. The average Bonchev–Trinajstić information content (AvgIpc) is 2.19. The second kappa shape index (κ2) is 3.91. The Morgan fingerprint density at radius 2 is 2.07 bits per heavy atom. The highest BCUT2D eigenvalue weighted by Crippen LogP contribution is 2.21. The van der Waals surface area contributed by atoms with Crippen molar-refractivity contribution in [2.24, 2.45) is 5.41 Å². The number of hydrogen-bond acceptors (Lipinski definition) is 3. The highest BCUT2D eigenvalue weighted by Gasteiger charge is 2.35. The molecule has 1 aromatic rings. The molecule has 0 atom stereocenters. The van der Waals surface area contributed by atoms with Crippen molar-refractivity contribution in [3.63, 3.8) is 0 Å². The van der Waals surface area contributed by atoms with E-state index >= 15 is 0 Å². The van der Waals surface area contributed by atoms with Gasteiger partial charge in [-0.05, 0) is 6.07 Å². The van der Waals surface area contributed by atoms with E-state index in [9.17, 15) is 4.39 Å². The van der Waals surface area contributed by atoms with Crippen LogP contribution in [0.3, 0.4) is 0 Å². The van der Waals surface area contributed by atoms with Crippen molar-refractivity contribution in [1.29, 1.82) is 0 Å². The molecular formula is C10H13BFNO2. The molecule has 0 saturated carbocycles. The molecule has 1 fully saturated rings. The average molecular weight is 209 g/mol. The van der Waals surface area contributed by atoms with E-state index in [2.05, 4.69) is 4.98 Å². The molecular weight excluding hydrogens is 196 g/mol. The van der Waals surface area contributed by atoms with Crippen molar-refractivity contribution in [3.05, 3.63) is 24.3 Å². The summed E-state index contributed by atoms with van der Waals surface area (Å²) in [5, 5.41) is 0. The Morgan fingerprint density at radius 1 is 1.40 bits per heavy atom. The van der Waals surface area contributed by atoms with Gasteiger partial charge in [-0.1, -0.05) is 19.9 Å². The summed E-state index contributed by atoms with van der Waals surface area (Å²) in [6.45, 7) is 5.21. The van der Waals surface area contributed by atoms with Crippen LogP contribution >= 0.6 is 0 Å². The van der Waals surface area contributed by atoms with E-state index in [1.54, 1.807) is 12.1 Å². The Kier molecular flexibility index (Phi) is 2.75. The summed E-state index contributed by atoms with van der Waals surface area (Å²) in [5.74, 6) is -0.526. The summed E-state index contributed by atoms with van der Waals surface area (Å²) in [6, 6.07) is 3.30. The van der Waals surface area contributed by atoms with Crippen LogP contribution in [0.25, 0.3) is 0 Å². The van der Waals surface area contributed by atoms with Crippen LogP contribution in [0.5, 0.6) is 0 Å². The van der Waals surface area contributed by atoms with Crippen LogP contribution in [-0.2, 0) is 9.31 Å². The zero-order valence-electron chi connectivity index (χ0n) is 8.87. The number of rotatable bonds is 1. The molecule has 0 spiro atoms. The third-order valence-corrected chi connectivity index (χ3v) is 2.29. The molecule has 1 aliphatic rings. The second-order valence-corrected chi connectivity index (χ2v) is 4.50. The summed E-state index contributed by atoms with van der Waals surface area (Å²) in [4.78, 5) is 3.56. The maximum absolute atomic E-state index is 13.3. The van der Waals surface area contributed by atoms with Gasteiger partial charge in [0.05, 0.1) is 0 Å². The van der Waals surface area contributed by atoms with Gasteiger partial charge in [0, 0.05) is 30.3 Å². The van der Waals surface area contributed by atoms with Crippen molar-refractivity contribution in [2.45, 2.75) is 13.8 Å². The van der Waals surface area contributed by atoms with E-state index in [1.807, 2.05) is 13.8 Å². The summed E-state index contributed by atoms with van der Waals surface area (Å²) >= 11 is 0. The standard InChI is InChI=1S/C10H13BFNO2/c1-10(2)6-14-11(15-7-10)8-4-3-5-13-9(8)12/h3-5H,6-7H2,1-2H3. The lowest BCUT2D eigenvalue weighted by Crippen LogP contribution is -2.48. The van der Waals surface area contributed by atoms with E-state index in [4.69, 9.17) is 9.31 Å². The van der Waals surface area contributed by atoms with E-state index in [0.29, 0.717) is 18.7 Å². The Hall–Kier alpha value is -0.935. The highest BCUT2D eigenvalue weighted by atomic mass is 19.1. The first-order valence-corrected chi connectivity index (χ1v) is 4.92. The first-order valence-electron chi connectivity index (χ1n) is 4.92. The van der Waals surface area contributed by atoms with E-state index in [-0.39, 0.29) is 5.41 Å². The third-order valence-electron chi connectivity index (χ3n) is 2.29. The molecule has 0 aromatic carbocycles. The fraction of sp³-hybridized carbons (Fsp3) is 0.500. The molecule has 2 rings (SSSR count). The maximum Gasteiger partial charge on any atom is 0.498 e. The van der Waals surface area contributed by atoms with Gasteiger partial charge in [0.15, 0.2) is 0 Å². The maximum atomic E-state index is 13.3. The molecule has 15 heavy (non-hydrogen) atoms. The number of halogens is 1. The summed E-state index contributed by atoms with van der Waals surface area (Å²) in [6.07, 6.45) is 1.41. The lowest BCUT2D eigenvalue weighted by atomic mass is 9.76. The Morgan fingerprint density at radius 3 is 2.67 bits per heavy atom. The van der Waals surface area contributed by atoms with E-state index in [1.165, 1.54) is 6.20 Å². The topological polar surface area (TPSA) is 31.4 Å².